The molecule has 0 saturated heterocycles. The highest BCUT2D eigenvalue weighted by Gasteiger charge is 2.29. The van der Waals surface area contributed by atoms with Crippen molar-refractivity contribution < 1.29 is 75.8 Å². The number of hydrogen-bond acceptors (Lipinski definition) is 14. The van der Waals surface area contributed by atoms with Crippen LogP contribution in [0.25, 0.3) is 0 Å². The van der Waals surface area contributed by atoms with E-state index in [0.717, 1.165) is 167 Å². The summed E-state index contributed by atoms with van der Waals surface area (Å²) >= 11 is 0. The van der Waals surface area contributed by atoms with E-state index in [1.165, 1.54) is 77.0 Å². The number of carbonyl (C=O) groups excluding carboxylic acids is 3. The van der Waals surface area contributed by atoms with Crippen LogP contribution < -0.4 is 0 Å². The Morgan fingerprint density at radius 2 is 0.526 bits per heavy atom. The highest BCUT2D eigenvalue weighted by Crippen LogP contribution is 2.45. The van der Waals surface area contributed by atoms with E-state index >= 15 is 0 Å². The molecule has 0 radical (unpaired) electrons. The molecule has 0 rings (SSSR count). The number of phosphoric ester groups is 2. The number of aliphatic hydroxyl groups excluding tert-OH is 2. The Kier molecular flexibility index (Phi) is 67.3. The molecule has 0 aliphatic carbocycles. The molecule has 18 heteroatoms. The summed E-state index contributed by atoms with van der Waals surface area (Å²) in [6.07, 6.45) is 79.9. The number of unbranched alkanes of at least 4 members (excludes halogenated alkanes) is 29. The SMILES string of the molecule is CCCCC/C=C\C/C=C\C/C=C\C/C=C\CCCCCCCCCC(=O)OCC(O)COP(=O)(O)OCC(O)COP(=O)(O)OCC(COC(=O)CCCCCCCCC/C=C\C/C=C\C/C=C\C/C=C\CCCCC)OC(=O)CCCCCCC/C=C\CCCCCC. The van der Waals surface area contributed by atoms with Crippen molar-refractivity contribution in [1.29, 1.82) is 0 Å². The molecule has 16 nitrogen and oxygen atoms in total. The van der Waals surface area contributed by atoms with Gasteiger partial charge in [-0.05, 0) is 135 Å². The summed E-state index contributed by atoms with van der Waals surface area (Å²) in [5, 5.41) is 20.6. The molecule has 0 saturated carbocycles. The zero-order chi connectivity index (χ0) is 69.5. The van der Waals surface area contributed by atoms with Gasteiger partial charge >= 0.3 is 33.6 Å². The van der Waals surface area contributed by atoms with Gasteiger partial charge in [0.2, 0.25) is 0 Å². The van der Waals surface area contributed by atoms with Gasteiger partial charge in [-0.25, -0.2) is 9.13 Å². The van der Waals surface area contributed by atoms with Crippen LogP contribution in [0.2, 0.25) is 0 Å². The summed E-state index contributed by atoms with van der Waals surface area (Å²) in [6.45, 7) is 2.58. The van der Waals surface area contributed by atoms with Crippen molar-refractivity contribution in [3.8, 4) is 0 Å². The van der Waals surface area contributed by atoms with Crippen molar-refractivity contribution in [1.82, 2.24) is 0 Å². The molecule has 0 aromatic carbocycles. The van der Waals surface area contributed by atoms with Crippen molar-refractivity contribution in [3.05, 3.63) is 109 Å². The van der Waals surface area contributed by atoms with E-state index in [4.69, 9.17) is 32.3 Å². The first kappa shape index (κ1) is 91.2. The Balaban J connectivity index is 4.62. The van der Waals surface area contributed by atoms with Crippen molar-refractivity contribution >= 4 is 33.6 Å². The summed E-state index contributed by atoms with van der Waals surface area (Å²) in [5.41, 5.74) is 0. The van der Waals surface area contributed by atoms with Crippen LogP contribution in [-0.4, -0.2) is 95.9 Å². The number of phosphoric acid groups is 2. The van der Waals surface area contributed by atoms with E-state index in [0.29, 0.717) is 19.3 Å². The van der Waals surface area contributed by atoms with Gasteiger partial charge in [-0.2, -0.15) is 0 Å². The lowest BCUT2D eigenvalue weighted by Crippen LogP contribution is -2.30. The number of ether oxygens (including phenoxy) is 3. The lowest BCUT2D eigenvalue weighted by Gasteiger charge is -2.21. The third kappa shape index (κ3) is 71.3. The molecule has 95 heavy (non-hydrogen) atoms. The van der Waals surface area contributed by atoms with Crippen molar-refractivity contribution in [2.75, 3.05) is 39.6 Å². The van der Waals surface area contributed by atoms with Gasteiger partial charge in [-0.1, -0.05) is 259 Å². The third-order valence-electron chi connectivity index (χ3n) is 15.4. The van der Waals surface area contributed by atoms with Crippen LogP contribution in [0.4, 0.5) is 0 Å². The van der Waals surface area contributed by atoms with Gasteiger partial charge in [-0.3, -0.25) is 32.5 Å². The fourth-order valence-electron chi connectivity index (χ4n) is 9.71. The van der Waals surface area contributed by atoms with Crippen molar-refractivity contribution in [3.63, 3.8) is 0 Å². The van der Waals surface area contributed by atoms with Gasteiger partial charge in [0.15, 0.2) is 6.10 Å². The Morgan fingerprint density at radius 1 is 0.295 bits per heavy atom. The molecule has 5 atom stereocenters. The Hall–Kier alpha value is -3.79. The minimum Gasteiger partial charge on any atom is -0.463 e. The van der Waals surface area contributed by atoms with Crippen LogP contribution in [0.1, 0.15) is 303 Å². The number of allylic oxidation sites excluding steroid dienone is 18. The number of rotatable bonds is 70. The van der Waals surface area contributed by atoms with Gasteiger partial charge in [-0.15, -0.1) is 0 Å². The molecular weight excluding hydrogens is 1240 g/mol. The molecule has 0 aliphatic heterocycles. The summed E-state index contributed by atoms with van der Waals surface area (Å²) < 4.78 is 61.0. The monoisotopic (exact) mass is 1380 g/mol. The van der Waals surface area contributed by atoms with Crippen LogP contribution >= 0.6 is 15.6 Å². The quantitative estimate of drug-likeness (QED) is 0.0146. The third-order valence-corrected chi connectivity index (χ3v) is 17.3. The smallest absolute Gasteiger partial charge is 0.463 e. The molecule has 0 spiro atoms. The van der Waals surface area contributed by atoms with Gasteiger partial charge in [0.05, 0.1) is 26.4 Å². The van der Waals surface area contributed by atoms with Gasteiger partial charge < -0.3 is 34.2 Å². The molecule has 0 bridgehead atoms. The predicted octanol–water partition coefficient (Wildman–Crippen LogP) is 21.2. The summed E-state index contributed by atoms with van der Waals surface area (Å²) in [5.74, 6) is -1.60. The molecular formula is C77H134O16P2. The molecule has 548 valence electrons. The lowest BCUT2D eigenvalue weighted by atomic mass is 10.1. The van der Waals surface area contributed by atoms with Crippen LogP contribution in [0.5, 0.6) is 0 Å². The normalized spacial score (nSPS) is 14.7. The first-order valence-electron chi connectivity index (χ1n) is 37.2. The molecule has 4 N–H and O–H groups in total. The average Bonchev–Trinajstić information content (AvgIpc) is 1.91. The molecule has 0 heterocycles. The Bertz CT molecular complexity index is 2170. The molecule has 5 unspecified atom stereocenters. The van der Waals surface area contributed by atoms with Gasteiger partial charge in [0.1, 0.15) is 25.4 Å². The summed E-state index contributed by atoms with van der Waals surface area (Å²) in [4.78, 5) is 58.5. The van der Waals surface area contributed by atoms with Crippen molar-refractivity contribution in [2.24, 2.45) is 0 Å². The zero-order valence-corrected chi connectivity index (χ0v) is 61.4. The maximum absolute atomic E-state index is 12.9. The van der Waals surface area contributed by atoms with Crippen LogP contribution in [0.15, 0.2) is 109 Å². The lowest BCUT2D eigenvalue weighted by molar-refractivity contribution is -0.161. The van der Waals surface area contributed by atoms with Crippen LogP contribution in [0.3, 0.4) is 0 Å². The number of carbonyl (C=O) groups is 3. The standard InChI is InChI=1S/C77H134O16P2/c1-4-7-10-13-16-19-22-25-27-29-31-33-35-37-39-41-43-46-48-51-54-57-60-63-75(80)87-66-72(78)67-89-94(83,84)90-68-73(79)69-91-95(85,86)92-71-74(93-77(82)65-62-59-56-53-50-45-24-21-18-15-12-9-6-3)70-88-76(81)64-61-58-55-52-49-47-44-42-40-38-36-34-32-30-28-26-23-20-17-14-11-8-5-2/h16-17,19-21,24-28,31-34,37-40,72-74,78-79H,4-15,18,22-23,29-30,35-36,41-71H2,1-3H3,(H,83,84)(H,85,86)/b19-16-,20-17-,24-21-,27-25-,28-26-,33-31-,34-32-,39-37-,40-38-. The zero-order valence-electron chi connectivity index (χ0n) is 59.6. The fourth-order valence-corrected chi connectivity index (χ4v) is 11.3. The molecule has 0 aliphatic rings. The second-order valence-corrected chi connectivity index (χ2v) is 27.6. The fraction of sp³-hybridized carbons (Fsp3) is 0.727. The maximum Gasteiger partial charge on any atom is 0.472 e. The second kappa shape index (κ2) is 70.1. The van der Waals surface area contributed by atoms with Crippen LogP contribution in [-0.2, 0) is 55.8 Å². The minimum atomic E-state index is -4.93. The van der Waals surface area contributed by atoms with E-state index in [9.17, 15) is 43.5 Å². The Labute approximate surface area is 577 Å². The van der Waals surface area contributed by atoms with E-state index in [1.807, 2.05) is 0 Å². The van der Waals surface area contributed by atoms with E-state index in [1.54, 1.807) is 0 Å². The Morgan fingerprint density at radius 3 is 0.863 bits per heavy atom. The average molecular weight is 1380 g/mol. The summed E-state index contributed by atoms with van der Waals surface area (Å²) in [6, 6.07) is 0. The topological polar surface area (TPSA) is 231 Å². The number of hydrogen-bond donors (Lipinski definition) is 4. The minimum absolute atomic E-state index is 0.0904. The predicted molar refractivity (Wildman–Crippen MR) is 390 cm³/mol. The van der Waals surface area contributed by atoms with Crippen LogP contribution in [0, 0.1) is 0 Å². The first-order chi connectivity index (χ1) is 46.2. The molecule has 0 amide bonds. The second-order valence-electron chi connectivity index (χ2n) is 24.7. The van der Waals surface area contributed by atoms with E-state index < -0.39 is 91.5 Å². The molecule has 0 fully saturated rings. The van der Waals surface area contributed by atoms with Crippen molar-refractivity contribution in [2.45, 2.75) is 322 Å². The maximum atomic E-state index is 12.9. The first-order valence-corrected chi connectivity index (χ1v) is 40.2. The number of esters is 3. The number of aliphatic hydroxyl groups is 2. The highest BCUT2D eigenvalue weighted by atomic mass is 31.2. The van der Waals surface area contributed by atoms with E-state index in [-0.39, 0.29) is 19.3 Å². The largest absolute Gasteiger partial charge is 0.472 e. The molecule has 0 aromatic heterocycles. The van der Waals surface area contributed by atoms with Gasteiger partial charge in [0.25, 0.3) is 0 Å². The molecule has 0 aromatic rings. The summed E-state index contributed by atoms with van der Waals surface area (Å²) in [7, 11) is -9.79. The highest BCUT2D eigenvalue weighted by molar-refractivity contribution is 7.47. The van der Waals surface area contributed by atoms with Gasteiger partial charge in [0, 0.05) is 19.3 Å². The van der Waals surface area contributed by atoms with E-state index in [2.05, 4.69) is 130 Å².